The molecule has 1 spiro atoms. The van der Waals surface area contributed by atoms with Crippen molar-refractivity contribution in [3.05, 3.63) is 29.3 Å². The van der Waals surface area contributed by atoms with Crippen molar-refractivity contribution in [1.82, 2.24) is 4.90 Å². The van der Waals surface area contributed by atoms with Crippen molar-refractivity contribution in [2.45, 2.75) is 48.8 Å². The molecule has 0 aromatic heterocycles. The minimum Gasteiger partial charge on any atom is -0.481 e. The number of ketones is 1. The number of carbonyl (C=O) groups is 1. The van der Waals surface area contributed by atoms with Crippen molar-refractivity contribution in [1.29, 1.82) is 0 Å². The minimum absolute atomic E-state index is 0.0892. The van der Waals surface area contributed by atoms with Crippen LogP contribution in [-0.4, -0.2) is 47.1 Å². The number of rotatable bonds is 0. The average molecular weight is 285 g/mol. The summed E-state index contributed by atoms with van der Waals surface area (Å²) in [6.07, 6.45) is 2.16. The lowest BCUT2D eigenvalue weighted by molar-refractivity contribution is -0.185. The fourth-order valence-electron chi connectivity index (χ4n) is 5.50. The van der Waals surface area contributed by atoms with E-state index < -0.39 is 17.1 Å². The van der Waals surface area contributed by atoms with Crippen molar-refractivity contribution < 1.29 is 14.6 Å². The fourth-order valence-corrected chi connectivity index (χ4v) is 5.50. The van der Waals surface area contributed by atoms with Crippen LogP contribution in [0.1, 0.15) is 30.4 Å². The molecule has 0 radical (unpaired) electrons. The normalized spacial score (nSPS) is 43.4. The Hall–Kier alpha value is -1.39. The highest BCUT2D eigenvalue weighted by molar-refractivity contribution is 5.89. The number of hydrogen-bond donors (Lipinski definition) is 1. The van der Waals surface area contributed by atoms with Crippen LogP contribution in [0.15, 0.2) is 18.2 Å². The third-order valence-electron chi connectivity index (χ3n) is 6.42. The molecule has 1 saturated carbocycles. The smallest absolute Gasteiger partial charge is 0.174 e. The number of piperidine rings is 1. The number of benzene rings is 1. The first-order valence-corrected chi connectivity index (χ1v) is 7.82. The number of aliphatic hydroxyl groups is 1. The Balaban J connectivity index is 1.87. The molecule has 2 fully saturated rings. The second-order valence-electron chi connectivity index (χ2n) is 7.10. The molecular weight excluding hydrogens is 266 g/mol. The number of nitrogens with zero attached hydrogens (tertiary/aromatic N) is 1. The van der Waals surface area contributed by atoms with Gasteiger partial charge in [0.1, 0.15) is 5.75 Å². The predicted molar refractivity (Wildman–Crippen MR) is 76.5 cm³/mol. The molecule has 2 aliphatic carbocycles. The highest BCUT2D eigenvalue weighted by atomic mass is 16.5. The van der Waals surface area contributed by atoms with Crippen LogP contribution in [0, 0.1) is 0 Å². The molecule has 1 saturated heterocycles. The van der Waals surface area contributed by atoms with Gasteiger partial charge in [0.25, 0.3) is 0 Å². The molecular formula is C17H19NO3. The van der Waals surface area contributed by atoms with E-state index in [1.165, 1.54) is 5.56 Å². The van der Waals surface area contributed by atoms with E-state index in [4.69, 9.17) is 4.74 Å². The second-order valence-corrected chi connectivity index (χ2v) is 7.10. The summed E-state index contributed by atoms with van der Waals surface area (Å²) in [5.41, 5.74) is 1.04. The SMILES string of the molecule is CN1CC[C@]23c4c5cccc4O[C@H]2C(=O)CCC3(O)C1C5. The lowest BCUT2D eigenvalue weighted by atomic mass is 9.49. The van der Waals surface area contributed by atoms with Gasteiger partial charge >= 0.3 is 0 Å². The van der Waals surface area contributed by atoms with Crippen LogP contribution in [0.2, 0.25) is 0 Å². The third kappa shape index (κ3) is 1.12. The molecule has 1 aromatic rings. The lowest BCUT2D eigenvalue weighted by Crippen LogP contribution is -2.76. The fraction of sp³-hybridized carbons (Fsp3) is 0.588. The quantitative estimate of drug-likeness (QED) is 0.774. The van der Waals surface area contributed by atoms with E-state index in [1.54, 1.807) is 0 Å². The van der Waals surface area contributed by atoms with Crippen molar-refractivity contribution in [2.24, 2.45) is 0 Å². The Morgan fingerprint density at radius 2 is 2.24 bits per heavy atom. The number of ether oxygens (including phenoxy) is 1. The van der Waals surface area contributed by atoms with Gasteiger partial charge in [-0.25, -0.2) is 0 Å². The highest BCUT2D eigenvalue weighted by Gasteiger charge is 2.72. The molecule has 2 aliphatic heterocycles. The monoisotopic (exact) mass is 285 g/mol. The summed E-state index contributed by atoms with van der Waals surface area (Å²) in [6.45, 7) is 0.911. The van der Waals surface area contributed by atoms with Crippen LogP contribution in [0.3, 0.4) is 0 Å². The van der Waals surface area contributed by atoms with Gasteiger partial charge < -0.3 is 14.7 Å². The Labute approximate surface area is 123 Å². The molecule has 2 heterocycles. The molecule has 2 bridgehead atoms. The molecule has 4 heteroatoms. The lowest BCUT2D eigenvalue weighted by Gasteiger charge is -2.62. The summed E-state index contributed by atoms with van der Waals surface area (Å²) in [4.78, 5) is 14.8. The standard InChI is InChI=1S/C17H19NO3/c1-18-8-7-16-14-10-3-2-4-12(14)21-15(16)11(19)5-6-17(16,20)13(18)9-10/h2-4,13,15,20H,5-9H2,1H3/t13?,15-,16-,17?/m0/s1. The molecule has 110 valence electrons. The van der Waals surface area contributed by atoms with E-state index in [-0.39, 0.29) is 11.8 Å². The van der Waals surface area contributed by atoms with Gasteiger partial charge in [-0.2, -0.15) is 0 Å². The maximum absolute atomic E-state index is 12.5. The zero-order valence-electron chi connectivity index (χ0n) is 12.1. The van der Waals surface area contributed by atoms with Gasteiger partial charge in [-0.1, -0.05) is 12.1 Å². The van der Waals surface area contributed by atoms with Crippen LogP contribution < -0.4 is 4.74 Å². The summed E-state index contributed by atoms with van der Waals surface area (Å²) in [7, 11) is 2.09. The zero-order chi connectivity index (χ0) is 14.4. The Morgan fingerprint density at radius 1 is 1.38 bits per heavy atom. The van der Waals surface area contributed by atoms with Gasteiger partial charge in [0.2, 0.25) is 0 Å². The van der Waals surface area contributed by atoms with Gasteiger partial charge in [-0.15, -0.1) is 0 Å². The van der Waals surface area contributed by atoms with Crippen molar-refractivity contribution in [3.8, 4) is 5.75 Å². The summed E-state index contributed by atoms with van der Waals surface area (Å²) >= 11 is 0. The number of likely N-dealkylation sites (N-methyl/N-ethyl adjacent to an activating group) is 1. The van der Waals surface area contributed by atoms with Crippen LogP contribution in [0.4, 0.5) is 0 Å². The molecule has 1 N–H and O–H groups in total. The van der Waals surface area contributed by atoms with E-state index in [1.807, 2.05) is 12.1 Å². The van der Waals surface area contributed by atoms with Crippen molar-refractivity contribution in [2.75, 3.05) is 13.6 Å². The summed E-state index contributed by atoms with van der Waals surface area (Å²) in [5, 5.41) is 11.6. The third-order valence-corrected chi connectivity index (χ3v) is 6.42. The Bertz CT molecular complexity index is 672. The van der Waals surface area contributed by atoms with E-state index in [0.29, 0.717) is 12.8 Å². The number of hydrogen-bond acceptors (Lipinski definition) is 4. The van der Waals surface area contributed by atoms with Crippen LogP contribution in [0.25, 0.3) is 0 Å². The van der Waals surface area contributed by atoms with Gasteiger partial charge in [-0.05, 0) is 44.5 Å². The maximum atomic E-state index is 12.5. The molecule has 4 aliphatic rings. The molecule has 5 rings (SSSR count). The first kappa shape index (κ1) is 12.2. The Morgan fingerprint density at radius 3 is 3.10 bits per heavy atom. The van der Waals surface area contributed by atoms with Crippen LogP contribution >= 0.6 is 0 Å². The largest absolute Gasteiger partial charge is 0.481 e. The van der Waals surface area contributed by atoms with Gasteiger partial charge in [0.05, 0.1) is 11.0 Å². The maximum Gasteiger partial charge on any atom is 0.174 e. The van der Waals surface area contributed by atoms with Gasteiger partial charge in [-0.3, -0.25) is 4.79 Å². The summed E-state index contributed by atoms with van der Waals surface area (Å²) < 4.78 is 6.06. The number of likely N-dealkylation sites (tertiary alicyclic amines) is 1. The topological polar surface area (TPSA) is 49.8 Å². The predicted octanol–water partition coefficient (Wildman–Crippen LogP) is 1.04. The Kier molecular flexibility index (Phi) is 2.03. The first-order valence-electron chi connectivity index (χ1n) is 7.82. The summed E-state index contributed by atoms with van der Waals surface area (Å²) in [5.74, 6) is 0.987. The van der Waals surface area contributed by atoms with Crippen LogP contribution in [0.5, 0.6) is 5.75 Å². The van der Waals surface area contributed by atoms with E-state index in [0.717, 1.165) is 30.7 Å². The van der Waals surface area contributed by atoms with Gasteiger partial charge in [0.15, 0.2) is 11.9 Å². The van der Waals surface area contributed by atoms with E-state index >= 15 is 0 Å². The molecule has 1 aromatic carbocycles. The number of Topliss-reactive ketones (excluding diaryl/α,β-unsaturated/α-hetero) is 1. The van der Waals surface area contributed by atoms with Gasteiger partial charge in [0, 0.05) is 18.0 Å². The molecule has 2 unspecified atom stereocenters. The highest BCUT2D eigenvalue weighted by Crippen LogP contribution is 2.62. The first-order chi connectivity index (χ1) is 10.1. The van der Waals surface area contributed by atoms with Crippen molar-refractivity contribution >= 4 is 5.78 Å². The molecule has 4 atom stereocenters. The summed E-state index contributed by atoms with van der Waals surface area (Å²) in [6, 6.07) is 6.19. The number of carbonyl (C=O) groups excluding carboxylic acids is 1. The minimum atomic E-state index is -0.835. The van der Waals surface area contributed by atoms with Crippen molar-refractivity contribution in [3.63, 3.8) is 0 Å². The zero-order valence-corrected chi connectivity index (χ0v) is 12.1. The molecule has 0 amide bonds. The molecule has 21 heavy (non-hydrogen) atoms. The average Bonchev–Trinajstić information content (AvgIpc) is 2.81. The van der Waals surface area contributed by atoms with E-state index in [2.05, 4.69) is 18.0 Å². The van der Waals surface area contributed by atoms with E-state index in [9.17, 15) is 9.90 Å². The van der Waals surface area contributed by atoms with Crippen LogP contribution in [-0.2, 0) is 16.6 Å². The second kappa shape index (κ2) is 3.50. The molecule has 4 nitrogen and oxygen atoms in total.